The molecule has 1 aliphatic rings. The van der Waals surface area contributed by atoms with Crippen LogP contribution in [0.4, 0.5) is 0 Å². The molecule has 0 amide bonds. The van der Waals surface area contributed by atoms with Crippen LogP contribution in [0, 0.1) is 0 Å². The highest BCUT2D eigenvalue weighted by atomic mass is 15.3. The molecule has 1 aliphatic heterocycles. The molecule has 0 aliphatic carbocycles. The highest BCUT2D eigenvalue weighted by Crippen LogP contribution is 2.44. The smallest absolute Gasteiger partial charge is 0.225 e. The maximum Gasteiger partial charge on any atom is 0.225 e. The number of nitrogens with one attached hydrogen (secondary N) is 1. The average molecular weight is 601 g/mol. The predicted molar refractivity (Wildman–Crippen MR) is 198 cm³/mol. The van der Waals surface area contributed by atoms with Crippen LogP contribution in [0.1, 0.15) is 17.4 Å². The number of aromatic nitrogens is 1. The lowest BCUT2D eigenvalue weighted by Gasteiger charge is -2.24. The normalized spacial score (nSPS) is 15.0. The van der Waals surface area contributed by atoms with Crippen molar-refractivity contribution in [1.29, 1.82) is 0 Å². The third-order valence-corrected chi connectivity index (χ3v) is 9.57. The van der Waals surface area contributed by atoms with Gasteiger partial charge in [0.2, 0.25) is 6.29 Å². The van der Waals surface area contributed by atoms with Crippen molar-refractivity contribution in [2.45, 2.75) is 6.29 Å². The fraction of sp³-hybridized carbons (Fsp3) is 0.0233. The van der Waals surface area contributed by atoms with Crippen LogP contribution in [-0.4, -0.2) is 16.2 Å². The molecule has 1 aromatic heterocycles. The van der Waals surface area contributed by atoms with E-state index in [0.29, 0.717) is 0 Å². The largest absolute Gasteiger partial charge is 0.324 e. The summed E-state index contributed by atoms with van der Waals surface area (Å²) in [6, 6.07) is 56.2. The number of amidine groups is 2. The van der Waals surface area contributed by atoms with Crippen LogP contribution < -0.4 is 5.32 Å². The predicted octanol–water partition coefficient (Wildman–Crippen LogP) is 10.4. The van der Waals surface area contributed by atoms with Crippen LogP contribution >= 0.6 is 0 Å². The van der Waals surface area contributed by atoms with Crippen molar-refractivity contribution in [2.75, 3.05) is 0 Å². The van der Waals surface area contributed by atoms with Gasteiger partial charge in [-0.3, -0.25) is 4.57 Å². The lowest BCUT2D eigenvalue weighted by atomic mass is 9.96. The number of aliphatic imine (C=N–C) groups is 2. The molecule has 4 heteroatoms. The van der Waals surface area contributed by atoms with Crippen molar-refractivity contribution in [3.8, 4) is 0 Å². The first kappa shape index (κ1) is 26.0. The van der Waals surface area contributed by atoms with Crippen molar-refractivity contribution in [3.63, 3.8) is 0 Å². The van der Waals surface area contributed by atoms with E-state index in [4.69, 9.17) is 9.98 Å². The van der Waals surface area contributed by atoms with Gasteiger partial charge in [-0.15, -0.1) is 0 Å². The highest BCUT2D eigenvalue weighted by molar-refractivity contribution is 6.32. The SMILES string of the molecule is c1ccc(C2=NC(n3c4cc5ccccc5cc4c4c5ccccc5c5ccccc5c43)N=C(c3ccc4ccccc4c3)N2)cc1. The second kappa shape index (κ2) is 10.1. The van der Waals surface area contributed by atoms with Crippen LogP contribution in [0.15, 0.2) is 168 Å². The summed E-state index contributed by atoms with van der Waals surface area (Å²) in [6.45, 7) is 0. The number of fused-ring (bicyclic) bond motifs is 10. The first-order valence-corrected chi connectivity index (χ1v) is 16.0. The quantitative estimate of drug-likeness (QED) is 0.201. The Morgan fingerprint density at radius 3 is 1.72 bits per heavy atom. The van der Waals surface area contributed by atoms with Gasteiger partial charge in [-0.25, -0.2) is 9.98 Å². The van der Waals surface area contributed by atoms with Gasteiger partial charge in [0, 0.05) is 27.3 Å². The van der Waals surface area contributed by atoms with Gasteiger partial charge in [0.1, 0.15) is 11.7 Å². The topological polar surface area (TPSA) is 41.7 Å². The number of rotatable bonds is 3. The Kier molecular flexibility index (Phi) is 5.60. The fourth-order valence-corrected chi connectivity index (χ4v) is 7.41. The van der Waals surface area contributed by atoms with E-state index in [-0.39, 0.29) is 0 Å². The molecular weight excluding hydrogens is 573 g/mol. The Balaban J connectivity index is 1.35. The molecule has 9 aromatic rings. The summed E-state index contributed by atoms with van der Waals surface area (Å²) in [4.78, 5) is 10.8. The third kappa shape index (κ3) is 4.01. The molecule has 1 N–H and O–H groups in total. The van der Waals surface area contributed by atoms with E-state index in [1.54, 1.807) is 0 Å². The van der Waals surface area contributed by atoms with Crippen molar-refractivity contribution in [1.82, 2.24) is 9.88 Å². The van der Waals surface area contributed by atoms with Crippen molar-refractivity contribution >= 4 is 76.6 Å². The zero-order chi connectivity index (χ0) is 30.9. The zero-order valence-electron chi connectivity index (χ0n) is 25.4. The van der Waals surface area contributed by atoms with Gasteiger partial charge >= 0.3 is 0 Å². The van der Waals surface area contributed by atoms with Crippen LogP contribution in [0.25, 0.3) is 64.9 Å². The molecule has 0 saturated heterocycles. The lowest BCUT2D eigenvalue weighted by molar-refractivity contribution is 0.576. The molecule has 220 valence electrons. The molecule has 8 aromatic carbocycles. The average Bonchev–Trinajstić information content (AvgIpc) is 3.48. The molecule has 1 unspecified atom stereocenters. The van der Waals surface area contributed by atoms with E-state index >= 15 is 0 Å². The van der Waals surface area contributed by atoms with Gasteiger partial charge in [-0.1, -0.05) is 140 Å². The summed E-state index contributed by atoms with van der Waals surface area (Å²) >= 11 is 0. The first-order valence-electron chi connectivity index (χ1n) is 16.0. The summed E-state index contributed by atoms with van der Waals surface area (Å²) in [6.07, 6.45) is -0.543. The van der Waals surface area contributed by atoms with Crippen molar-refractivity contribution in [2.24, 2.45) is 9.98 Å². The molecule has 0 saturated carbocycles. The van der Waals surface area contributed by atoms with E-state index < -0.39 is 6.29 Å². The van der Waals surface area contributed by atoms with E-state index in [1.165, 1.54) is 53.9 Å². The summed E-state index contributed by atoms with van der Waals surface area (Å²) in [5.41, 5.74) is 4.31. The Bertz CT molecular complexity index is 2770. The minimum atomic E-state index is -0.543. The van der Waals surface area contributed by atoms with Crippen LogP contribution in [0.5, 0.6) is 0 Å². The molecule has 0 bridgehead atoms. The Morgan fingerprint density at radius 1 is 0.426 bits per heavy atom. The van der Waals surface area contributed by atoms with Gasteiger partial charge < -0.3 is 5.32 Å². The van der Waals surface area contributed by atoms with Crippen LogP contribution in [-0.2, 0) is 0 Å². The molecule has 0 fully saturated rings. The van der Waals surface area contributed by atoms with E-state index in [2.05, 4.69) is 162 Å². The van der Waals surface area contributed by atoms with Gasteiger partial charge in [-0.2, -0.15) is 0 Å². The zero-order valence-corrected chi connectivity index (χ0v) is 25.4. The van der Waals surface area contributed by atoms with Gasteiger partial charge in [0.25, 0.3) is 0 Å². The van der Waals surface area contributed by atoms with Crippen molar-refractivity contribution in [3.05, 3.63) is 169 Å². The molecule has 10 rings (SSSR count). The van der Waals surface area contributed by atoms with Gasteiger partial charge in [-0.05, 0) is 55.9 Å². The second-order valence-electron chi connectivity index (χ2n) is 12.3. The fourth-order valence-electron chi connectivity index (χ4n) is 7.41. The molecule has 4 nitrogen and oxygen atoms in total. The molecule has 1 atom stereocenters. The summed E-state index contributed by atoms with van der Waals surface area (Å²) in [7, 11) is 0. The minimum absolute atomic E-state index is 0.543. The van der Waals surface area contributed by atoms with Crippen molar-refractivity contribution < 1.29 is 0 Å². The number of hydrogen-bond acceptors (Lipinski definition) is 3. The Hall–Kier alpha value is -6.26. The number of benzene rings is 8. The summed E-state index contributed by atoms with van der Waals surface area (Å²) in [5.74, 6) is 1.60. The van der Waals surface area contributed by atoms with Gasteiger partial charge in [0.05, 0.1) is 11.0 Å². The minimum Gasteiger partial charge on any atom is -0.324 e. The lowest BCUT2D eigenvalue weighted by Crippen LogP contribution is -2.36. The van der Waals surface area contributed by atoms with Gasteiger partial charge in [0.15, 0.2) is 0 Å². The maximum absolute atomic E-state index is 5.43. The number of hydrogen-bond donors (Lipinski definition) is 1. The Labute approximate surface area is 270 Å². The monoisotopic (exact) mass is 600 g/mol. The van der Waals surface area contributed by atoms with Crippen LogP contribution in [0.2, 0.25) is 0 Å². The Morgan fingerprint density at radius 2 is 0.979 bits per heavy atom. The standard InChI is InChI=1S/C43H28N4/c1-2-13-28(14-3-1)41-44-42(32-23-22-27-12-4-5-15-29(27)24-32)46-43(45-41)47-38-26-31-17-7-6-16-30(31)25-37(38)39-35-20-10-8-18-33(35)34-19-9-11-21-36(34)40(39)47/h1-26,43H,(H,44,45,46). The number of nitrogens with zero attached hydrogens (tertiary/aromatic N) is 3. The third-order valence-electron chi connectivity index (χ3n) is 9.57. The maximum atomic E-state index is 5.43. The summed E-state index contributed by atoms with van der Waals surface area (Å²) < 4.78 is 2.37. The second-order valence-corrected chi connectivity index (χ2v) is 12.3. The molecule has 0 spiro atoms. The summed E-state index contributed by atoms with van der Waals surface area (Å²) in [5, 5.41) is 15.8. The van der Waals surface area contributed by atoms with E-state index in [0.717, 1.165) is 33.8 Å². The van der Waals surface area contributed by atoms with E-state index in [9.17, 15) is 0 Å². The molecule has 0 radical (unpaired) electrons. The van der Waals surface area contributed by atoms with E-state index in [1.807, 2.05) is 6.07 Å². The molecule has 47 heavy (non-hydrogen) atoms. The van der Waals surface area contributed by atoms with Crippen LogP contribution in [0.3, 0.4) is 0 Å². The molecule has 2 heterocycles. The highest BCUT2D eigenvalue weighted by Gasteiger charge is 2.26. The first-order chi connectivity index (χ1) is 23.3. The molecular formula is C43H28N4.